The number of hydrogen-bond donors (Lipinski definition) is 1. The van der Waals surface area contributed by atoms with Gasteiger partial charge in [-0.1, -0.05) is 42.7 Å². The highest BCUT2D eigenvalue weighted by molar-refractivity contribution is 5.82. The van der Waals surface area contributed by atoms with Crippen LogP contribution in [0.2, 0.25) is 0 Å². The van der Waals surface area contributed by atoms with Crippen LogP contribution < -0.4 is 5.73 Å². The summed E-state index contributed by atoms with van der Waals surface area (Å²) in [6.07, 6.45) is 9.87. The Hall–Kier alpha value is -1.67. The minimum absolute atomic E-state index is 0.0496. The molecule has 2 heteroatoms. The van der Waals surface area contributed by atoms with Crippen LogP contribution in [0.1, 0.15) is 55.8 Å². The summed E-state index contributed by atoms with van der Waals surface area (Å²) in [5, 5.41) is 1.22. The Morgan fingerprint density at radius 2 is 1.90 bits per heavy atom. The normalized spacial score (nSPS) is 20.4. The van der Waals surface area contributed by atoms with Gasteiger partial charge in [-0.2, -0.15) is 0 Å². The summed E-state index contributed by atoms with van der Waals surface area (Å²) in [6, 6.07) is 10.4. The van der Waals surface area contributed by atoms with Crippen LogP contribution in [0.25, 0.3) is 10.9 Å². The Balaban J connectivity index is 1.95. The molecular formula is C19H24N2. The number of nitrogens with two attached hydrogens (primary N) is 1. The van der Waals surface area contributed by atoms with E-state index in [2.05, 4.69) is 37.3 Å². The molecule has 21 heavy (non-hydrogen) atoms. The largest absolute Gasteiger partial charge is 0.319 e. The van der Waals surface area contributed by atoms with E-state index in [1.165, 1.54) is 42.2 Å². The maximum Gasteiger partial charge on any atom is 0.0708 e. The van der Waals surface area contributed by atoms with Crippen molar-refractivity contribution in [2.75, 3.05) is 0 Å². The van der Waals surface area contributed by atoms with Gasteiger partial charge in [-0.25, -0.2) is 0 Å². The molecule has 0 aliphatic heterocycles. The van der Waals surface area contributed by atoms with Crippen molar-refractivity contribution >= 4 is 10.9 Å². The molecule has 1 unspecified atom stereocenters. The molecule has 0 spiro atoms. The number of pyridine rings is 1. The quantitative estimate of drug-likeness (QED) is 0.801. The fraction of sp³-hybridized carbons (Fsp3) is 0.421. The third kappa shape index (κ3) is 3.16. The van der Waals surface area contributed by atoms with E-state index in [4.69, 9.17) is 10.7 Å². The first-order valence-corrected chi connectivity index (χ1v) is 8.06. The number of benzene rings is 1. The number of para-hydroxylation sites is 1. The molecule has 0 saturated carbocycles. The van der Waals surface area contributed by atoms with Crippen molar-refractivity contribution in [3.8, 4) is 0 Å². The molecule has 1 aliphatic carbocycles. The van der Waals surface area contributed by atoms with E-state index in [0.717, 1.165) is 24.1 Å². The lowest BCUT2D eigenvalue weighted by Gasteiger charge is -2.19. The molecular weight excluding hydrogens is 256 g/mol. The molecule has 1 heterocycles. The standard InChI is InChI=1S/C19H24N2/c1-14-13-18(21-17-12-8-7-11-16(14)17)19(20)15-9-5-3-2-4-6-10-15/h7-9,11-13,19H,2-6,10,20H2,1H3/b15-9+. The summed E-state index contributed by atoms with van der Waals surface area (Å²) < 4.78 is 0. The molecule has 0 saturated heterocycles. The average molecular weight is 280 g/mol. The fourth-order valence-corrected chi connectivity index (χ4v) is 3.22. The lowest BCUT2D eigenvalue weighted by Crippen LogP contribution is -2.16. The highest BCUT2D eigenvalue weighted by Crippen LogP contribution is 2.28. The Labute approximate surface area is 127 Å². The maximum absolute atomic E-state index is 6.52. The van der Waals surface area contributed by atoms with Gasteiger partial charge in [-0.3, -0.25) is 4.98 Å². The highest BCUT2D eigenvalue weighted by atomic mass is 14.8. The van der Waals surface area contributed by atoms with Gasteiger partial charge in [0.15, 0.2) is 0 Å². The van der Waals surface area contributed by atoms with Crippen LogP contribution in [0.4, 0.5) is 0 Å². The maximum atomic E-state index is 6.52. The predicted molar refractivity (Wildman–Crippen MR) is 89.2 cm³/mol. The van der Waals surface area contributed by atoms with Crippen LogP contribution in [0.3, 0.4) is 0 Å². The van der Waals surface area contributed by atoms with Gasteiger partial charge in [0.1, 0.15) is 0 Å². The van der Waals surface area contributed by atoms with Crippen LogP contribution in [-0.2, 0) is 0 Å². The van der Waals surface area contributed by atoms with Crippen molar-refractivity contribution in [3.63, 3.8) is 0 Å². The molecule has 2 nitrogen and oxygen atoms in total. The number of nitrogens with zero attached hydrogens (tertiary/aromatic N) is 1. The molecule has 110 valence electrons. The van der Waals surface area contributed by atoms with E-state index in [9.17, 15) is 0 Å². The zero-order valence-corrected chi connectivity index (χ0v) is 12.8. The molecule has 0 amide bonds. The first kappa shape index (κ1) is 14.3. The average Bonchev–Trinajstić information content (AvgIpc) is 2.46. The molecule has 1 aromatic heterocycles. The van der Waals surface area contributed by atoms with E-state index < -0.39 is 0 Å². The summed E-state index contributed by atoms with van der Waals surface area (Å²) in [5.74, 6) is 0. The van der Waals surface area contributed by atoms with Gasteiger partial charge in [0.2, 0.25) is 0 Å². The molecule has 0 radical (unpaired) electrons. The number of hydrogen-bond acceptors (Lipinski definition) is 2. The SMILES string of the molecule is Cc1cc(C(N)/C2=C/CCCCCC2)nc2ccccc12. The zero-order valence-electron chi connectivity index (χ0n) is 12.8. The monoisotopic (exact) mass is 280 g/mol. The summed E-state index contributed by atoms with van der Waals surface area (Å²) in [5.41, 5.74) is 11.2. The third-order valence-electron chi connectivity index (χ3n) is 4.49. The van der Waals surface area contributed by atoms with Crippen LogP contribution in [-0.4, -0.2) is 4.98 Å². The van der Waals surface area contributed by atoms with Crippen molar-refractivity contribution in [3.05, 3.63) is 53.2 Å². The summed E-state index contributed by atoms with van der Waals surface area (Å²) in [4.78, 5) is 4.80. The smallest absolute Gasteiger partial charge is 0.0708 e. The Morgan fingerprint density at radius 1 is 1.10 bits per heavy atom. The lowest BCUT2D eigenvalue weighted by molar-refractivity contribution is 0.600. The highest BCUT2D eigenvalue weighted by Gasteiger charge is 2.15. The van der Waals surface area contributed by atoms with Crippen molar-refractivity contribution < 1.29 is 0 Å². The topological polar surface area (TPSA) is 38.9 Å². The number of aromatic nitrogens is 1. The lowest BCUT2D eigenvalue weighted by atomic mass is 9.93. The van der Waals surface area contributed by atoms with Crippen LogP contribution in [0.5, 0.6) is 0 Å². The number of allylic oxidation sites excluding steroid dienone is 1. The second-order valence-electron chi connectivity index (χ2n) is 6.09. The van der Waals surface area contributed by atoms with Crippen molar-refractivity contribution in [1.82, 2.24) is 4.98 Å². The number of aryl methyl sites for hydroxylation is 1. The molecule has 0 bridgehead atoms. The molecule has 2 N–H and O–H groups in total. The second-order valence-corrected chi connectivity index (χ2v) is 6.09. The van der Waals surface area contributed by atoms with Gasteiger partial charge in [0.25, 0.3) is 0 Å². The van der Waals surface area contributed by atoms with Gasteiger partial charge >= 0.3 is 0 Å². The predicted octanol–water partition coefficient (Wildman–Crippen LogP) is 4.82. The van der Waals surface area contributed by atoms with Crippen LogP contribution in [0.15, 0.2) is 42.0 Å². The molecule has 1 atom stereocenters. The van der Waals surface area contributed by atoms with E-state index >= 15 is 0 Å². The summed E-state index contributed by atoms with van der Waals surface area (Å²) in [6.45, 7) is 2.15. The summed E-state index contributed by atoms with van der Waals surface area (Å²) >= 11 is 0. The molecule has 0 fully saturated rings. The number of fused-ring (bicyclic) bond motifs is 1. The van der Waals surface area contributed by atoms with E-state index in [1.54, 1.807) is 0 Å². The van der Waals surface area contributed by atoms with Crippen molar-refractivity contribution in [2.24, 2.45) is 5.73 Å². The Bertz CT molecular complexity index is 658. The van der Waals surface area contributed by atoms with E-state index in [1.807, 2.05) is 6.07 Å². The third-order valence-corrected chi connectivity index (χ3v) is 4.49. The van der Waals surface area contributed by atoms with E-state index in [-0.39, 0.29) is 6.04 Å². The van der Waals surface area contributed by atoms with Gasteiger partial charge in [0.05, 0.1) is 17.3 Å². The van der Waals surface area contributed by atoms with Gasteiger partial charge in [-0.15, -0.1) is 0 Å². The van der Waals surface area contributed by atoms with Gasteiger partial charge < -0.3 is 5.73 Å². The summed E-state index contributed by atoms with van der Waals surface area (Å²) in [7, 11) is 0. The minimum Gasteiger partial charge on any atom is -0.319 e. The Morgan fingerprint density at radius 3 is 2.81 bits per heavy atom. The molecule has 2 aromatic rings. The second kappa shape index (κ2) is 6.40. The molecule has 1 aromatic carbocycles. The van der Waals surface area contributed by atoms with Gasteiger partial charge in [-0.05, 0) is 50.3 Å². The van der Waals surface area contributed by atoms with E-state index in [0.29, 0.717) is 0 Å². The van der Waals surface area contributed by atoms with Crippen LogP contribution in [0, 0.1) is 6.92 Å². The first-order chi connectivity index (χ1) is 10.3. The number of rotatable bonds is 2. The minimum atomic E-state index is -0.0496. The molecule has 3 rings (SSSR count). The molecule has 1 aliphatic rings. The van der Waals surface area contributed by atoms with Crippen molar-refractivity contribution in [2.45, 2.75) is 51.5 Å². The van der Waals surface area contributed by atoms with Crippen molar-refractivity contribution in [1.29, 1.82) is 0 Å². The first-order valence-electron chi connectivity index (χ1n) is 8.06. The zero-order chi connectivity index (χ0) is 14.7. The fourth-order valence-electron chi connectivity index (χ4n) is 3.22. The van der Waals surface area contributed by atoms with Gasteiger partial charge in [0, 0.05) is 5.39 Å². The Kier molecular flexibility index (Phi) is 4.35. The van der Waals surface area contributed by atoms with Crippen LogP contribution >= 0.6 is 0 Å².